The minimum atomic E-state index is -0.568. The second kappa shape index (κ2) is 6.29. The van der Waals surface area contributed by atoms with E-state index in [0.717, 1.165) is 10.5 Å². The van der Waals surface area contributed by atoms with E-state index in [1.807, 2.05) is 46.3 Å². The Hall–Kier alpha value is -2.18. The lowest BCUT2D eigenvalue weighted by atomic mass is 10.1. The average molecular weight is 315 g/mol. The first-order valence-electron chi connectivity index (χ1n) is 7.06. The fourth-order valence-electron chi connectivity index (χ4n) is 2.29. The number of hydrogen-bond donors (Lipinski definition) is 1. The number of nitrogens with zero attached hydrogens (tertiary/aromatic N) is 3. The highest BCUT2D eigenvalue weighted by Crippen LogP contribution is 2.17. The highest BCUT2D eigenvalue weighted by atomic mass is 32.1. The van der Waals surface area contributed by atoms with Gasteiger partial charge in [-0.05, 0) is 12.0 Å². The minimum absolute atomic E-state index is 0.129. The third-order valence-corrected chi connectivity index (χ3v) is 4.35. The lowest BCUT2D eigenvalue weighted by Crippen LogP contribution is -2.29. The molecule has 1 amide bonds. The molecule has 6 heteroatoms. The number of hydrogen-bond acceptors (Lipinski definition) is 4. The third kappa shape index (κ3) is 3.03. The van der Waals surface area contributed by atoms with Gasteiger partial charge in [0.05, 0.1) is 6.10 Å². The number of carbonyl (C=O) groups is 1. The van der Waals surface area contributed by atoms with Crippen molar-refractivity contribution in [2.24, 2.45) is 0 Å². The van der Waals surface area contributed by atoms with Crippen LogP contribution in [0.15, 0.2) is 48.1 Å². The van der Waals surface area contributed by atoms with Crippen molar-refractivity contribution in [3.8, 4) is 0 Å². The van der Waals surface area contributed by atoms with Crippen LogP contribution >= 0.6 is 11.3 Å². The van der Waals surface area contributed by atoms with Crippen LogP contribution in [-0.4, -0.2) is 38.9 Å². The summed E-state index contributed by atoms with van der Waals surface area (Å²) in [5.41, 5.74) is 1.30. The standard InChI is InChI=1S/C16H17N3O2S/c1-18(8-7-14(20)12-5-3-2-4-6-12)15(21)13-11-19-9-10-22-16(19)17-13/h2-6,9-11,14,20H,7-8H2,1H3. The molecule has 0 saturated carbocycles. The maximum atomic E-state index is 12.3. The predicted octanol–water partition coefficient (Wildman–Crippen LogP) is 2.59. The van der Waals surface area contributed by atoms with Crippen LogP contribution in [0.5, 0.6) is 0 Å². The largest absolute Gasteiger partial charge is 0.388 e. The summed E-state index contributed by atoms with van der Waals surface area (Å²) in [6.07, 6.45) is 3.54. The van der Waals surface area contributed by atoms with E-state index in [4.69, 9.17) is 0 Å². The third-order valence-electron chi connectivity index (χ3n) is 3.58. The van der Waals surface area contributed by atoms with Crippen LogP contribution in [-0.2, 0) is 0 Å². The van der Waals surface area contributed by atoms with Gasteiger partial charge in [0.25, 0.3) is 5.91 Å². The quantitative estimate of drug-likeness (QED) is 0.787. The lowest BCUT2D eigenvalue weighted by Gasteiger charge is -2.18. The highest BCUT2D eigenvalue weighted by molar-refractivity contribution is 7.15. The van der Waals surface area contributed by atoms with Gasteiger partial charge >= 0.3 is 0 Å². The molecule has 0 aliphatic heterocycles. The summed E-state index contributed by atoms with van der Waals surface area (Å²) in [5.74, 6) is -0.129. The van der Waals surface area contributed by atoms with E-state index in [-0.39, 0.29) is 5.91 Å². The number of thiazole rings is 1. The zero-order valence-electron chi connectivity index (χ0n) is 12.2. The van der Waals surface area contributed by atoms with Gasteiger partial charge in [-0.1, -0.05) is 30.3 Å². The molecule has 5 nitrogen and oxygen atoms in total. The Kier molecular flexibility index (Phi) is 4.22. The molecule has 2 heterocycles. The molecule has 0 fully saturated rings. The van der Waals surface area contributed by atoms with Crippen LogP contribution in [0.25, 0.3) is 4.96 Å². The van der Waals surface area contributed by atoms with Crippen LogP contribution in [0.2, 0.25) is 0 Å². The molecule has 2 aromatic heterocycles. The van der Waals surface area contributed by atoms with Gasteiger partial charge in [-0.3, -0.25) is 9.20 Å². The molecule has 0 bridgehead atoms. The monoisotopic (exact) mass is 315 g/mol. The first kappa shape index (κ1) is 14.7. The molecule has 0 spiro atoms. The first-order chi connectivity index (χ1) is 10.6. The van der Waals surface area contributed by atoms with Crippen LogP contribution in [0, 0.1) is 0 Å². The van der Waals surface area contributed by atoms with Gasteiger partial charge in [0.2, 0.25) is 0 Å². The molecule has 22 heavy (non-hydrogen) atoms. The number of carbonyl (C=O) groups excluding carboxylic acids is 1. The fourth-order valence-corrected chi connectivity index (χ4v) is 2.99. The summed E-state index contributed by atoms with van der Waals surface area (Å²) in [4.78, 5) is 19.0. The van der Waals surface area contributed by atoms with Gasteiger partial charge in [0.15, 0.2) is 4.96 Å². The number of imidazole rings is 1. The summed E-state index contributed by atoms with van der Waals surface area (Å²) in [5, 5.41) is 12.1. The molecule has 0 aliphatic carbocycles. The number of rotatable bonds is 5. The zero-order valence-corrected chi connectivity index (χ0v) is 13.0. The molecule has 1 N–H and O–H groups in total. The van der Waals surface area contributed by atoms with Crippen molar-refractivity contribution in [2.45, 2.75) is 12.5 Å². The van der Waals surface area contributed by atoms with Crippen molar-refractivity contribution in [3.63, 3.8) is 0 Å². The van der Waals surface area contributed by atoms with E-state index in [1.54, 1.807) is 18.1 Å². The number of fused-ring (bicyclic) bond motifs is 1. The Morgan fingerprint density at radius 1 is 1.41 bits per heavy atom. The molecule has 114 valence electrons. The Morgan fingerprint density at radius 3 is 2.91 bits per heavy atom. The number of benzene rings is 1. The molecule has 0 saturated heterocycles. The SMILES string of the molecule is CN(CCC(O)c1ccccc1)C(=O)c1cn2ccsc2n1. The van der Waals surface area contributed by atoms with Crippen molar-refractivity contribution < 1.29 is 9.90 Å². The van der Waals surface area contributed by atoms with Crippen molar-refractivity contribution in [1.29, 1.82) is 0 Å². The van der Waals surface area contributed by atoms with Crippen LogP contribution < -0.4 is 0 Å². The van der Waals surface area contributed by atoms with E-state index in [9.17, 15) is 9.90 Å². The molecule has 1 unspecified atom stereocenters. The minimum Gasteiger partial charge on any atom is -0.388 e. The average Bonchev–Trinajstić information content (AvgIpc) is 3.14. The summed E-state index contributed by atoms with van der Waals surface area (Å²) in [6, 6.07) is 9.47. The van der Waals surface area contributed by atoms with Crippen LogP contribution in [0.3, 0.4) is 0 Å². The Labute approximate surface area is 132 Å². The number of aromatic nitrogens is 2. The molecule has 3 aromatic rings. The fraction of sp³-hybridized carbons (Fsp3) is 0.250. The Balaban J connectivity index is 1.60. The molecule has 0 radical (unpaired) electrons. The van der Waals surface area contributed by atoms with Gasteiger partial charge in [-0.15, -0.1) is 11.3 Å². The Bertz CT molecular complexity index is 737. The lowest BCUT2D eigenvalue weighted by molar-refractivity contribution is 0.0756. The van der Waals surface area contributed by atoms with E-state index < -0.39 is 6.10 Å². The molecule has 1 atom stereocenters. The molecule has 1 aromatic carbocycles. The van der Waals surface area contributed by atoms with E-state index in [1.165, 1.54) is 11.3 Å². The highest BCUT2D eigenvalue weighted by Gasteiger charge is 2.17. The summed E-state index contributed by atoms with van der Waals surface area (Å²) in [7, 11) is 1.73. The molecule has 3 rings (SSSR count). The van der Waals surface area contributed by atoms with Crippen molar-refractivity contribution >= 4 is 22.2 Å². The summed E-state index contributed by atoms with van der Waals surface area (Å²) < 4.78 is 1.84. The van der Waals surface area contributed by atoms with Gasteiger partial charge in [-0.25, -0.2) is 4.98 Å². The first-order valence-corrected chi connectivity index (χ1v) is 7.94. The van der Waals surface area contributed by atoms with Crippen LogP contribution in [0.1, 0.15) is 28.6 Å². The maximum Gasteiger partial charge on any atom is 0.273 e. The number of aliphatic hydroxyl groups excluding tert-OH is 1. The molecular formula is C16H17N3O2S. The normalized spacial score (nSPS) is 12.5. The second-order valence-electron chi connectivity index (χ2n) is 5.16. The second-order valence-corrected chi connectivity index (χ2v) is 6.03. The van der Waals surface area contributed by atoms with E-state index >= 15 is 0 Å². The van der Waals surface area contributed by atoms with Gasteiger partial charge < -0.3 is 10.0 Å². The van der Waals surface area contributed by atoms with E-state index in [2.05, 4.69) is 4.98 Å². The summed E-state index contributed by atoms with van der Waals surface area (Å²) in [6.45, 7) is 0.472. The maximum absolute atomic E-state index is 12.3. The van der Waals surface area contributed by atoms with Gasteiger partial charge in [-0.2, -0.15) is 0 Å². The predicted molar refractivity (Wildman–Crippen MR) is 86.0 cm³/mol. The van der Waals surface area contributed by atoms with Crippen LogP contribution in [0.4, 0.5) is 0 Å². The van der Waals surface area contributed by atoms with Crippen molar-refractivity contribution in [1.82, 2.24) is 14.3 Å². The number of aliphatic hydroxyl groups is 1. The van der Waals surface area contributed by atoms with Gasteiger partial charge in [0, 0.05) is 31.4 Å². The molecular weight excluding hydrogens is 298 g/mol. The van der Waals surface area contributed by atoms with E-state index in [0.29, 0.717) is 18.7 Å². The topological polar surface area (TPSA) is 57.8 Å². The zero-order chi connectivity index (χ0) is 15.5. The summed E-state index contributed by atoms with van der Waals surface area (Å²) >= 11 is 1.49. The van der Waals surface area contributed by atoms with Crippen molar-refractivity contribution in [3.05, 3.63) is 59.4 Å². The number of amides is 1. The van der Waals surface area contributed by atoms with Crippen molar-refractivity contribution in [2.75, 3.05) is 13.6 Å². The Morgan fingerprint density at radius 2 is 2.18 bits per heavy atom. The molecule has 0 aliphatic rings. The van der Waals surface area contributed by atoms with Gasteiger partial charge in [0.1, 0.15) is 5.69 Å². The smallest absolute Gasteiger partial charge is 0.273 e.